The number of nitrogens with one attached hydrogen (secondary N) is 1. The largest absolute Gasteiger partial charge is 0.486 e. The van der Waals surface area contributed by atoms with Gasteiger partial charge in [-0.1, -0.05) is 64.6 Å². The molecule has 12 heteroatoms. The summed E-state index contributed by atoms with van der Waals surface area (Å²) in [6, 6.07) is 15.0. The number of anilines is 1. The fraction of sp³-hybridized carbons (Fsp3) is 0.0800. The molecule has 4 rings (SSSR count). The van der Waals surface area contributed by atoms with Gasteiger partial charge in [0.05, 0.1) is 25.1 Å². The van der Waals surface area contributed by atoms with Gasteiger partial charge in [-0.2, -0.15) is 0 Å². The van der Waals surface area contributed by atoms with Gasteiger partial charge in [-0.3, -0.25) is 19.3 Å². The molecule has 0 radical (unpaired) electrons. The molecule has 0 aromatic heterocycles. The second kappa shape index (κ2) is 12.1. The minimum Gasteiger partial charge on any atom is -0.486 e. The number of halogens is 5. The molecular formula is C25H15BrCl4N2O4S. The topological polar surface area (TPSA) is 75.7 Å². The maximum Gasteiger partial charge on any atom is 0.294 e. The van der Waals surface area contributed by atoms with E-state index >= 15 is 0 Å². The van der Waals surface area contributed by atoms with E-state index in [4.69, 9.17) is 51.1 Å². The van der Waals surface area contributed by atoms with Crippen LogP contribution in [0.4, 0.5) is 10.5 Å². The van der Waals surface area contributed by atoms with E-state index in [2.05, 4.69) is 21.2 Å². The van der Waals surface area contributed by atoms with E-state index < -0.39 is 23.6 Å². The molecule has 0 atom stereocenters. The number of amides is 3. The number of carbonyl (C=O) groups excluding carboxylic acids is 3. The molecule has 3 aromatic carbocycles. The summed E-state index contributed by atoms with van der Waals surface area (Å²) in [6.07, 6.45) is 1.52. The van der Waals surface area contributed by atoms with Crippen LogP contribution in [0.1, 0.15) is 11.1 Å². The van der Waals surface area contributed by atoms with Crippen LogP contribution in [0.25, 0.3) is 6.08 Å². The van der Waals surface area contributed by atoms with Crippen molar-refractivity contribution >= 4 is 103 Å². The molecule has 1 aliphatic rings. The van der Waals surface area contributed by atoms with Gasteiger partial charge in [-0.25, -0.2) is 0 Å². The summed E-state index contributed by atoms with van der Waals surface area (Å²) in [5, 5.41) is 3.64. The number of para-hydroxylation sites is 1. The predicted molar refractivity (Wildman–Crippen MR) is 153 cm³/mol. The maximum atomic E-state index is 12.8. The van der Waals surface area contributed by atoms with Gasteiger partial charge in [0.2, 0.25) is 5.91 Å². The van der Waals surface area contributed by atoms with Crippen molar-refractivity contribution < 1.29 is 19.1 Å². The predicted octanol–water partition coefficient (Wildman–Crippen LogP) is 8.32. The van der Waals surface area contributed by atoms with Gasteiger partial charge in [0.25, 0.3) is 11.1 Å². The highest BCUT2D eigenvalue weighted by molar-refractivity contribution is 9.10. The molecule has 0 bridgehead atoms. The smallest absolute Gasteiger partial charge is 0.294 e. The van der Waals surface area contributed by atoms with Crippen LogP contribution in [0.5, 0.6) is 5.75 Å². The molecule has 37 heavy (non-hydrogen) atoms. The van der Waals surface area contributed by atoms with Gasteiger partial charge in [0.1, 0.15) is 13.2 Å². The Labute approximate surface area is 245 Å². The first-order valence-electron chi connectivity index (χ1n) is 10.5. The fourth-order valence-electron chi connectivity index (χ4n) is 3.27. The molecule has 0 unspecified atom stereocenters. The van der Waals surface area contributed by atoms with Gasteiger partial charge >= 0.3 is 0 Å². The number of ether oxygens (including phenoxy) is 1. The standard InChI is InChI=1S/C25H15BrCl4N2O4S/c26-16-7-13(8-19(30)23(16)36-12-14-5-6-15(27)10-18(14)29)9-21-24(34)32(25(35)37-21)11-22(33)31-20-4-2-1-3-17(20)28/h1-10H,11-12H2,(H,31,33)/b21-9+. The Bertz CT molecular complexity index is 1430. The van der Waals surface area contributed by atoms with Crippen molar-refractivity contribution in [3.63, 3.8) is 0 Å². The molecule has 1 N–H and O–H groups in total. The van der Waals surface area contributed by atoms with Gasteiger partial charge in [0.15, 0.2) is 5.75 Å². The first kappa shape index (κ1) is 27.8. The molecule has 3 aromatic rings. The number of thioether (sulfide) groups is 1. The summed E-state index contributed by atoms with van der Waals surface area (Å²) in [4.78, 5) is 38.7. The molecule has 0 aliphatic carbocycles. The minimum atomic E-state index is -0.589. The molecule has 1 fully saturated rings. The summed E-state index contributed by atoms with van der Waals surface area (Å²) >= 11 is 28.8. The van der Waals surface area contributed by atoms with Gasteiger partial charge in [-0.15, -0.1) is 0 Å². The second-order valence-electron chi connectivity index (χ2n) is 7.63. The van der Waals surface area contributed by atoms with Crippen LogP contribution in [-0.2, 0) is 16.2 Å². The minimum absolute atomic E-state index is 0.153. The lowest BCUT2D eigenvalue weighted by atomic mass is 10.2. The van der Waals surface area contributed by atoms with Gasteiger partial charge < -0.3 is 10.1 Å². The Morgan fingerprint density at radius 2 is 1.76 bits per heavy atom. The van der Waals surface area contributed by atoms with Crippen LogP contribution in [0.2, 0.25) is 20.1 Å². The summed E-state index contributed by atoms with van der Waals surface area (Å²) in [6.45, 7) is -0.291. The molecule has 1 saturated heterocycles. The maximum absolute atomic E-state index is 12.8. The second-order valence-corrected chi connectivity index (χ2v) is 11.1. The average molecular weight is 661 g/mol. The quantitative estimate of drug-likeness (QED) is 0.258. The van der Waals surface area contributed by atoms with Crippen LogP contribution in [0.3, 0.4) is 0 Å². The Balaban J connectivity index is 1.45. The van der Waals surface area contributed by atoms with Crippen LogP contribution in [0.15, 0.2) is 64.0 Å². The third-order valence-electron chi connectivity index (χ3n) is 5.03. The van der Waals surface area contributed by atoms with E-state index in [1.165, 1.54) is 6.08 Å². The van der Waals surface area contributed by atoms with Crippen LogP contribution in [-0.4, -0.2) is 28.5 Å². The SMILES string of the molecule is O=C(CN1C(=O)S/C(=C/c2cc(Cl)c(OCc3ccc(Cl)cc3Cl)c(Br)c2)C1=O)Nc1ccccc1Cl. The number of benzene rings is 3. The van der Waals surface area contributed by atoms with E-state index in [0.29, 0.717) is 36.5 Å². The Morgan fingerprint density at radius 1 is 1.00 bits per heavy atom. The number of imide groups is 1. The Hall–Kier alpha value is -2.20. The highest BCUT2D eigenvalue weighted by atomic mass is 79.9. The van der Waals surface area contributed by atoms with Crippen molar-refractivity contribution in [2.45, 2.75) is 6.61 Å². The lowest BCUT2D eigenvalue weighted by Gasteiger charge is -2.13. The van der Waals surface area contributed by atoms with Gasteiger partial charge in [0, 0.05) is 15.6 Å². The number of carbonyl (C=O) groups is 3. The van der Waals surface area contributed by atoms with E-state index in [1.54, 1.807) is 54.6 Å². The van der Waals surface area contributed by atoms with E-state index in [-0.39, 0.29) is 16.5 Å². The molecule has 6 nitrogen and oxygen atoms in total. The molecule has 190 valence electrons. The van der Waals surface area contributed by atoms with Crippen molar-refractivity contribution in [3.05, 3.63) is 95.2 Å². The van der Waals surface area contributed by atoms with Crippen LogP contribution in [0, 0.1) is 0 Å². The average Bonchev–Trinajstić information content (AvgIpc) is 3.08. The van der Waals surface area contributed by atoms with E-state index in [9.17, 15) is 14.4 Å². The lowest BCUT2D eigenvalue weighted by Crippen LogP contribution is -2.36. The highest BCUT2D eigenvalue weighted by Crippen LogP contribution is 2.38. The monoisotopic (exact) mass is 658 g/mol. The van der Waals surface area contributed by atoms with Crippen LogP contribution < -0.4 is 10.1 Å². The highest BCUT2D eigenvalue weighted by Gasteiger charge is 2.36. The summed E-state index contributed by atoms with van der Waals surface area (Å²) < 4.78 is 6.38. The molecule has 1 aliphatic heterocycles. The van der Waals surface area contributed by atoms with Crippen molar-refractivity contribution in [1.29, 1.82) is 0 Å². The zero-order valence-corrected chi connectivity index (χ0v) is 24.0. The molecular weight excluding hydrogens is 646 g/mol. The summed E-state index contributed by atoms with van der Waals surface area (Å²) in [7, 11) is 0. The van der Waals surface area contributed by atoms with Crippen LogP contribution >= 0.6 is 74.1 Å². The zero-order chi connectivity index (χ0) is 26.7. The van der Waals surface area contributed by atoms with E-state index in [1.807, 2.05) is 0 Å². The van der Waals surface area contributed by atoms with Crippen molar-refractivity contribution in [2.75, 3.05) is 11.9 Å². The summed E-state index contributed by atoms with van der Waals surface area (Å²) in [5.74, 6) is -0.756. The number of hydrogen-bond donors (Lipinski definition) is 1. The first-order chi connectivity index (χ1) is 17.6. The van der Waals surface area contributed by atoms with Gasteiger partial charge in [-0.05, 0) is 75.7 Å². The normalized spacial score (nSPS) is 14.4. The Morgan fingerprint density at radius 3 is 2.46 bits per heavy atom. The number of rotatable bonds is 7. The number of hydrogen-bond acceptors (Lipinski definition) is 5. The fourth-order valence-corrected chi connectivity index (χ4v) is 5.75. The Kier molecular flexibility index (Phi) is 9.11. The van der Waals surface area contributed by atoms with Crippen molar-refractivity contribution in [2.24, 2.45) is 0 Å². The first-order valence-corrected chi connectivity index (χ1v) is 13.6. The third-order valence-corrected chi connectivity index (χ3v) is 7.72. The lowest BCUT2D eigenvalue weighted by molar-refractivity contribution is -0.127. The molecule has 0 saturated carbocycles. The van der Waals surface area contributed by atoms with Crippen molar-refractivity contribution in [3.8, 4) is 5.75 Å². The molecule has 1 heterocycles. The van der Waals surface area contributed by atoms with Crippen molar-refractivity contribution in [1.82, 2.24) is 4.90 Å². The van der Waals surface area contributed by atoms with E-state index in [0.717, 1.165) is 22.2 Å². The molecule has 3 amide bonds. The number of nitrogens with zero attached hydrogens (tertiary/aromatic N) is 1. The molecule has 0 spiro atoms. The zero-order valence-electron chi connectivity index (χ0n) is 18.6. The summed E-state index contributed by atoms with van der Waals surface area (Å²) in [5.41, 5.74) is 1.67. The third kappa shape index (κ3) is 6.82.